The van der Waals surface area contributed by atoms with E-state index in [1.807, 2.05) is 25.1 Å². The Morgan fingerprint density at radius 1 is 1.45 bits per heavy atom. The van der Waals surface area contributed by atoms with Crippen molar-refractivity contribution in [2.75, 3.05) is 30.4 Å². The Hall–Kier alpha value is -1.08. The van der Waals surface area contributed by atoms with Crippen LogP contribution in [0.4, 0.5) is 5.69 Å². The maximum atomic E-state index is 12.1. The second-order valence-electron chi connectivity index (χ2n) is 5.72. The summed E-state index contributed by atoms with van der Waals surface area (Å²) in [4.78, 5) is 13.7. The summed E-state index contributed by atoms with van der Waals surface area (Å²) in [5, 5.41) is 3.22. The lowest BCUT2D eigenvalue weighted by molar-refractivity contribution is -0.131. The highest BCUT2D eigenvalue weighted by Gasteiger charge is 2.32. The number of carbonyl (C=O) groups is 1. The Kier molecular flexibility index (Phi) is 5.50. The number of carbonyl (C=O) groups excluding carboxylic acids is 1. The van der Waals surface area contributed by atoms with Gasteiger partial charge in [-0.05, 0) is 47.0 Å². The van der Waals surface area contributed by atoms with Crippen LogP contribution in [0.15, 0.2) is 22.7 Å². The number of aryl methyl sites for hydroxylation is 1. The molecule has 1 heterocycles. The molecule has 2 rings (SSSR count). The molecule has 1 fully saturated rings. The number of nitrogens with zero attached hydrogens (tertiary/aromatic N) is 1. The first-order chi connectivity index (χ1) is 10.3. The van der Waals surface area contributed by atoms with Crippen LogP contribution in [-0.4, -0.2) is 50.4 Å². The molecular weight excluding hydrogens is 368 g/mol. The average molecular weight is 389 g/mol. The molecule has 1 aliphatic rings. The third-order valence-electron chi connectivity index (χ3n) is 3.93. The number of amides is 1. The van der Waals surface area contributed by atoms with E-state index in [9.17, 15) is 13.2 Å². The fourth-order valence-electron chi connectivity index (χ4n) is 2.53. The van der Waals surface area contributed by atoms with Crippen LogP contribution in [0.3, 0.4) is 0 Å². The predicted octanol–water partition coefficient (Wildman–Crippen LogP) is 2.21. The summed E-state index contributed by atoms with van der Waals surface area (Å²) in [6.07, 6.45) is 0.884. The molecule has 1 saturated heterocycles. The molecule has 1 atom stereocenters. The molecule has 0 aliphatic carbocycles. The van der Waals surface area contributed by atoms with E-state index in [1.54, 1.807) is 11.9 Å². The van der Waals surface area contributed by atoms with Crippen LogP contribution in [0.25, 0.3) is 0 Å². The van der Waals surface area contributed by atoms with E-state index >= 15 is 0 Å². The van der Waals surface area contributed by atoms with Crippen molar-refractivity contribution < 1.29 is 13.2 Å². The molecule has 5 nitrogen and oxygen atoms in total. The van der Waals surface area contributed by atoms with E-state index in [1.165, 1.54) is 0 Å². The van der Waals surface area contributed by atoms with Crippen molar-refractivity contribution in [1.82, 2.24) is 4.90 Å². The second kappa shape index (κ2) is 7.00. The zero-order chi connectivity index (χ0) is 16.3. The molecule has 0 bridgehead atoms. The molecular formula is C15H21BrN2O3S. The number of rotatable bonds is 5. The van der Waals surface area contributed by atoms with Crippen LogP contribution in [0, 0.1) is 6.92 Å². The van der Waals surface area contributed by atoms with E-state index in [0.29, 0.717) is 19.4 Å². The van der Waals surface area contributed by atoms with Crippen molar-refractivity contribution in [3.63, 3.8) is 0 Å². The van der Waals surface area contributed by atoms with Crippen molar-refractivity contribution >= 4 is 37.4 Å². The summed E-state index contributed by atoms with van der Waals surface area (Å²) < 4.78 is 23.9. The van der Waals surface area contributed by atoms with Gasteiger partial charge in [-0.2, -0.15) is 0 Å². The smallest absolute Gasteiger partial charge is 0.224 e. The molecule has 0 saturated carbocycles. The van der Waals surface area contributed by atoms with Crippen LogP contribution in [-0.2, 0) is 14.6 Å². The lowest BCUT2D eigenvalue weighted by Crippen LogP contribution is -2.38. The second-order valence-corrected chi connectivity index (χ2v) is 8.80. The van der Waals surface area contributed by atoms with Gasteiger partial charge >= 0.3 is 0 Å². The molecule has 1 unspecified atom stereocenters. The number of sulfone groups is 1. The molecule has 1 N–H and O–H groups in total. The first kappa shape index (κ1) is 17.3. The maximum absolute atomic E-state index is 12.1. The fraction of sp³-hybridized carbons (Fsp3) is 0.533. The summed E-state index contributed by atoms with van der Waals surface area (Å²) in [5.74, 6) is 0.244. The third-order valence-corrected chi connectivity index (χ3v) is 6.33. The van der Waals surface area contributed by atoms with E-state index in [0.717, 1.165) is 15.7 Å². The SMILES string of the molecule is Cc1ccc(NCCC(=O)N(C)C2CCS(=O)(=O)C2)c(Br)c1. The van der Waals surface area contributed by atoms with Gasteiger partial charge in [0.1, 0.15) is 0 Å². The Labute approximate surface area is 140 Å². The van der Waals surface area contributed by atoms with Gasteiger partial charge in [0.05, 0.1) is 11.5 Å². The van der Waals surface area contributed by atoms with E-state index < -0.39 is 9.84 Å². The highest BCUT2D eigenvalue weighted by molar-refractivity contribution is 9.10. The van der Waals surface area contributed by atoms with Gasteiger partial charge in [-0.1, -0.05) is 6.07 Å². The van der Waals surface area contributed by atoms with Crippen LogP contribution >= 0.6 is 15.9 Å². The Bertz CT molecular complexity index is 661. The molecule has 22 heavy (non-hydrogen) atoms. The largest absolute Gasteiger partial charge is 0.384 e. The minimum absolute atomic E-state index is 0.0298. The number of anilines is 1. The first-order valence-electron chi connectivity index (χ1n) is 7.24. The van der Waals surface area contributed by atoms with Gasteiger partial charge in [0.15, 0.2) is 9.84 Å². The molecule has 1 aromatic carbocycles. The lowest BCUT2D eigenvalue weighted by atomic mass is 10.2. The van der Waals surface area contributed by atoms with Crippen LogP contribution < -0.4 is 5.32 Å². The van der Waals surface area contributed by atoms with E-state index in [2.05, 4.69) is 21.2 Å². The highest BCUT2D eigenvalue weighted by Crippen LogP contribution is 2.23. The van der Waals surface area contributed by atoms with Gasteiger partial charge < -0.3 is 10.2 Å². The van der Waals surface area contributed by atoms with Gasteiger partial charge in [0.25, 0.3) is 0 Å². The molecule has 122 valence electrons. The molecule has 1 amide bonds. The zero-order valence-corrected chi connectivity index (χ0v) is 15.2. The Balaban J connectivity index is 1.82. The minimum Gasteiger partial charge on any atom is -0.384 e. The van der Waals surface area contributed by atoms with Crippen molar-refractivity contribution in [2.45, 2.75) is 25.8 Å². The van der Waals surface area contributed by atoms with Crippen molar-refractivity contribution in [3.8, 4) is 0 Å². The van der Waals surface area contributed by atoms with Crippen molar-refractivity contribution in [3.05, 3.63) is 28.2 Å². The summed E-state index contributed by atoms with van der Waals surface area (Å²) in [7, 11) is -1.27. The molecule has 1 aromatic rings. The topological polar surface area (TPSA) is 66.5 Å². The van der Waals surface area contributed by atoms with Crippen LogP contribution in [0.1, 0.15) is 18.4 Å². The highest BCUT2D eigenvalue weighted by atomic mass is 79.9. The maximum Gasteiger partial charge on any atom is 0.224 e. The molecule has 0 spiro atoms. The van der Waals surface area contributed by atoms with Crippen LogP contribution in [0.2, 0.25) is 0 Å². The summed E-state index contributed by atoms with van der Waals surface area (Å²) >= 11 is 3.49. The normalized spacial score (nSPS) is 19.9. The van der Waals surface area contributed by atoms with Crippen molar-refractivity contribution in [1.29, 1.82) is 0 Å². The van der Waals surface area contributed by atoms with Gasteiger partial charge in [-0.15, -0.1) is 0 Å². The Morgan fingerprint density at radius 2 is 2.18 bits per heavy atom. The first-order valence-corrected chi connectivity index (χ1v) is 9.86. The molecule has 1 aliphatic heterocycles. The molecule has 0 radical (unpaired) electrons. The molecule has 0 aromatic heterocycles. The number of hydrogen-bond acceptors (Lipinski definition) is 4. The summed E-state index contributed by atoms with van der Waals surface area (Å²) in [5.41, 5.74) is 2.11. The predicted molar refractivity (Wildman–Crippen MR) is 91.8 cm³/mol. The van der Waals surface area contributed by atoms with Crippen LogP contribution in [0.5, 0.6) is 0 Å². The molecule has 7 heteroatoms. The van der Waals surface area contributed by atoms with E-state index in [4.69, 9.17) is 0 Å². The lowest BCUT2D eigenvalue weighted by Gasteiger charge is -2.23. The van der Waals surface area contributed by atoms with Gasteiger partial charge in [0, 0.05) is 36.2 Å². The quantitative estimate of drug-likeness (QED) is 0.839. The van der Waals surface area contributed by atoms with Gasteiger partial charge in [0.2, 0.25) is 5.91 Å². The van der Waals surface area contributed by atoms with E-state index in [-0.39, 0.29) is 23.5 Å². The minimum atomic E-state index is -2.96. The number of benzene rings is 1. The standard InChI is InChI=1S/C15H21BrN2O3S/c1-11-3-4-14(13(16)9-11)17-7-5-15(19)18(2)12-6-8-22(20,21)10-12/h3-4,9,12,17H,5-8,10H2,1-2H3. The number of halogens is 1. The fourth-order valence-corrected chi connectivity index (χ4v) is 4.94. The summed E-state index contributed by atoms with van der Waals surface area (Å²) in [6.45, 7) is 2.53. The van der Waals surface area contributed by atoms with Gasteiger partial charge in [-0.25, -0.2) is 8.42 Å². The zero-order valence-electron chi connectivity index (χ0n) is 12.8. The number of hydrogen-bond donors (Lipinski definition) is 1. The monoisotopic (exact) mass is 388 g/mol. The van der Waals surface area contributed by atoms with Gasteiger partial charge in [-0.3, -0.25) is 4.79 Å². The van der Waals surface area contributed by atoms with Crippen molar-refractivity contribution in [2.24, 2.45) is 0 Å². The number of nitrogens with one attached hydrogen (secondary N) is 1. The average Bonchev–Trinajstić information content (AvgIpc) is 2.80. The Morgan fingerprint density at radius 3 is 2.77 bits per heavy atom. The third kappa shape index (κ3) is 4.46. The summed E-state index contributed by atoms with van der Waals surface area (Å²) in [6, 6.07) is 5.81.